The van der Waals surface area contributed by atoms with Crippen molar-refractivity contribution in [2.75, 3.05) is 13.6 Å². The minimum atomic E-state index is -2.36. The Morgan fingerprint density at radius 3 is 2.31 bits per heavy atom. The van der Waals surface area contributed by atoms with Gasteiger partial charge in [0.15, 0.2) is 11.9 Å². The summed E-state index contributed by atoms with van der Waals surface area (Å²) in [4.78, 5) is 51.3. The third kappa shape index (κ3) is 5.21. The largest absolute Gasteiger partial charge is 0.541 e. The highest BCUT2D eigenvalue weighted by molar-refractivity contribution is 6.74. The third-order valence-corrected chi connectivity index (χ3v) is 14.7. The molecule has 1 spiro atoms. The minimum Gasteiger partial charge on any atom is -0.541 e. The molecule has 2 heterocycles. The molecule has 0 unspecified atom stereocenters. The number of piperidine rings is 1. The molecular formula is C31H43N3O10Si. The van der Waals surface area contributed by atoms with Crippen LogP contribution in [0.3, 0.4) is 0 Å². The molecule has 1 aromatic carbocycles. The molecule has 0 saturated carbocycles. The highest BCUT2D eigenvalue weighted by Crippen LogP contribution is 2.67. The maximum atomic E-state index is 13.4. The first-order chi connectivity index (χ1) is 20.8. The number of benzene rings is 1. The van der Waals surface area contributed by atoms with Crippen molar-refractivity contribution in [3.8, 4) is 11.5 Å². The molecule has 2 aliphatic carbocycles. The summed E-state index contributed by atoms with van der Waals surface area (Å²) in [7, 11) is -0.405. The number of rotatable bonds is 10. The standard InChI is InChI=1S/C31H43N3O10Si/c1-29(2,3)45(5,6)44-19-8-7-16-13-21-31(43-23(36)15-18(33)28(39)40)10-9-20(41-22(35)14-17(32)27(37)38)26-30(31,11-12-34(21)4)24(16)25(19)42-26/h7-9,17-18,21,26H,10-15,32-33H2,1-6H3,(H,37,38)(H,39,40)/t17-,18-,21+,26-,30-,31+/m0/s1. The monoisotopic (exact) mass is 645 g/mol. The molecule has 0 radical (unpaired) electrons. The molecule has 4 aliphatic rings. The predicted molar refractivity (Wildman–Crippen MR) is 163 cm³/mol. The van der Waals surface area contributed by atoms with Crippen LogP contribution >= 0.6 is 0 Å². The molecule has 1 saturated heterocycles. The first-order valence-electron chi connectivity index (χ1n) is 15.2. The van der Waals surface area contributed by atoms with Crippen molar-refractivity contribution >= 4 is 32.2 Å². The fourth-order valence-corrected chi connectivity index (χ4v) is 8.07. The summed E-state index contributed by atoms with van der Waals surface area (Å²) in [5.41, 5.74) is 10.9. The number of nitrogens with two attached hydrogens (primary N) is 2. The Hall–Kier alpha value is -3.46. The Morgan fingerprint density at radius 2 is 1.71 bits per heavy atom. The Bertz CT molecular complexity index is 1470. The lowest BCUT2D eigenvalue weighted by Crippen LogP contribution is -2.75. The molecular weight excluding hydrogens is 602 g/mol. The Kier molecular flexibility index (Phi) is 8.12. The molecule has 2 bridgehead atoms. The van der Waals surface area contributed by atoms with Gasteiger partial charge in [-0.2, -0.15) is 0 Å². The average molecular weight is 646 g/mol. The van der Waals surface area contributed by atoms with Crippen molar-refractivity contribution in [3.05, 3.63) is 35.1 Å². The van der Waals surface area contributed by atoms with E-state index in [1.807, 2.05) is 19.2 Å². The second-order valence-corrected chi connectivity index (χ2v) is 18.9. The van der Waals surface area contributed by atoms with E-state index < -0.39 is 74.2 Å². The maximum Gasteiger partial charge on any atom is 0.321 e. The highest BCUT2D eigenvalue weighted by atomic mass is 28.4. The number of hydrogen-bond donors (Lipinski definition) is 4. The molecule has 6 atom stereocenters. The number of ether oxygens (including phenoxy) is 3. The van der Waals surface area contributed by atoms with Crippen LogP contribution in [0, 0.1) is 0 Å². The van der Waals surface area contributed by atoms with Gasteiger partial charge in [-0.3, -0.25) is 24.1 Å². The first-order valence-corrected chi connectivity index (χ1v) is 18.1. The molecule has 6 N–H and O–H groups in total. The summed E-state index contributed by atoms with van der Waals surface area (Å²) in [5.74, 6) is -3.01. The zero-order valence-corrected chi connectivity index (χ0v) is 27.5. The number of carbonyl (C=O) groups is 4. The zero-order chi connectivity index (χ0) is 33.3. The van der Waals surface area contributed by atoms with Gasteiger partial charge in [0.05, 0.1) is 24.3 Å². The molecule has 13 nitrogen and oxygen atoms in total. The number of nitrogens with zero attached hydrogens (tertiary/aromatic N) is 1. The number of likely N-dealkylation sites (N-methyl/N-ethyl adjacent to an activating group) is 1. The molecule has 2 aliphatic heterocycles. The molecule has 0 aromatic heterocycles. The second-order valence-electron chi connectivity index (χ2n) is 14.2. The topological polar surface area (TPSA) is 201 Å². The van der Waals surface area contributed by atoms with Crippen LogP contribution in [0.2, 0.25) is 18.1 Å². The summed E-state index contributed by atoms with van der Waals surface area (Å²) in [6.45, 7) is 11.3. The van der Waals surface area contributed by atoms with Crippen molar-refractivity contribution in [1.82, 2.24) is 4.90 Å². The van der Waals surface area contributed by atoms with Gasteiger partial charge < -0.3 is 40.3 Å². The maximum absolute atomic E-state index is 13.4. The molecule has 1 fully saturated rings. The Morgan fingerprint density at radius 1 is 1.09 bits per heavy atom. The van der Waals surface area contributed by atoms with Crippen LogP contribution in [0.25, 0.3) is 0 Å². The molecule has 0 amide bonds. The van der Waals surface area contributed by atoms with Gasteiger partial charge in [-0.15, -0.1) is 0 Å². The van der Waals surface area contributed by atoms with Gasteiger partial charge >= 0.3 is 23.9 Å². The van der Waals surface area contributed by atoms with E-state index in [0.29, 0.717) is 30.9 Å². The quantitative estimate of drug-likeness (QED) is 0.213. The van der Waals surface area contributed by atoms with Gasteiger partial charge in [0.1, 0.15) is 29.2 Å². The van der Waals surface area contributed by atoms with Crippen molar-refractivity contribution in [2.45, 2.75) is 106 Å². The van der Waals surface area contributed by atoms with Crippen molar-refractivity contribution in [1.29, 1.82) is 0 Å². The van der Waals surface area contributed by atoms with E-state index in [4.69, 9.17) is 30.1 Å². The lowest BCUT2D eigenvalue weighted by Gasteiger charge is -2.62. The fraction of sp³-hybridized carbons (Fsp3) is 0.613. The fourth-order valence-electron chi connectivity index (χ4n) is 7.06. The molecule has 45 heavy (non-hydrogen) atoms. The smallest absolute Gasteiger partial charge is 0.321 e. The first kappa shape index (κ1) is 32.9. The van der Waals surface area contributed by atoms with Crippen LogP contribution in [0.15, 0.2) is 24.0 Å². The van der Waals surface area contributed by atoms with E-state index in [0.717, 1.165) is 11.1 Å². The molecule has 14 heteroatoms. The van der Waals surface area contributed by atoms with Gasteiger partial charge in [0.25, 0.3) is 8.32 Å². The number of carboxylic acids is 2. The lowest BCUT2D eigenvalue weighted by molar-refractivity contribution is -0.206. The number of carbonyl (C=O) groups excluding carboxylic acids is 2. The summed E-state index contributed by atoms with van der Waals surface area (Å²) in [5, 5.41) is 18.5. The summed E-state index contributed by atoms with van der Waals surface area (Å²) < 4.78 is 25.8. The van der Waals surface area contributed by atoms with E-state index >= 15 is 0 Å². The number of hydrogen-bond acceptors (Lipinski definition) is 11. The van der Waals surface area contributed by atoms with Crippen LogP contribution in [-0.2, 0) is 40.5 Å². The number of likely N-dealkylation sites (tertiary alicyclic amines) is 1. The van der Waals surface area contributed by atoms with Gasteiger partial charge in [-0.1, -0.05) is 26.8 Å². The van der Waals surface area contributed by atoms with Gasteiger partial charge in [-0.25, -0.2) is 0 Å². The van der Waals surface area contributed by atoms with E-state index in [2.05, 4.69) is 38.8 Å². The zero-order valence-electron chi connectivity index (χ0n) is 26.5. The molecule has 1 aromatic rings. The second kappa shape index (κ2) is 11.1. The molecule has 246 valence electrons. The van der Waals surface area contributed by atoms with E-state index in [9.17, 15) is 29.4 Å². The average Bonchev–Trinajstić information content (AvgIpc) is 3.28. The van der Waals surface area contributed by atoms with E-state index in [1.165, 1.54) is 0 Å². The van der Waals surface area contributed by atoms with Crippen LogP contribution in [0.5, 0.6) is 11.5 Å². The van der Waals surface area contributed by atoms with Crippen molar-refractivity contribution in [2.24, 2.45) is 11.5 Å². The minimum absolute atomic E-state index is 0.121. The lowest BCUT2D eigenvalue weighted by atomic mass is 9.50. The highest BCUT2D eigenvalue weighted by Gasteiger charge is 2.74. The predicted octanol–water partition coefficient (Wildman–Crippen LogP) is 2.05. The van der Waals surface area contributed by atoms with Gasteiger partial charge in [0, 0.05) is 12.0 Å². The Labute approximate surface area is 262 Å². The normalized spacial score (nSPS) is 28.1. The van der Waals surface area contributed by atoms with Crippen LogP contribution < -0.4 is 20.6 Å². The number of carboxylic acid groups (broad SMARTS) is 2. The van der Waals surface area contributed by atoms with Crippen LogP contribution in [0.4, 0.5) is 0 Å². The van der Waals surface area contributed by atoms with Gasteiger partial charge in [0.2, 0.25) is 0 Å². The SMILES string of the molecule is CN1CC[C@]23c4c5ccc(O[Si](C)(C)C(C)(C)C)c4O[C@H]2C(OC(=O)C[C@H](N)C(=O)O)=CC[C@@]3(OC(=O)C[C@H](N)C(=O)O)[C@H]1C5. The van der Waals surface area contributed by atoms with Gasteiger partial charge in [-0.05, 0) is 62.3 Å². The van der Waals surface area contributed by atoms with Crippen molar-refractivity contribution < 1.29 is 48.0 Å². The van der Waals surface area contributed by atoms with E-state index in [-0.39, 0.29) is 23.3 Å². The van der Waals surface area contributed by atoms with E-state index in [1.54, 1.807) is 6.08 Å². The summed E-state index contributed by atoms with van der Waals surface area (Å²) in [6, 6.07) is 0.721. The summed E-state index contributed by atoms with van der Waals surface area (Å²) >= 11 is 0. The summed E-state index contributed by atoms with van der Waals surface area (Å²) in [6.07, 6.45) is 0.753. The van der Waals surface area contributed by atoms with Crippen LogP contribution in [0.1, 0.15) is 57.6 Å². The van der Waals surface area contributed by atoms with Crippen molar-refractivity contribution in [3.63, 3.8) is 0 Å². The number of esters is 2. The Balaban J connectivity index is 1.66. The third-order valence-electron chi connectivity index (χ3n) is 10.4. The number of aliphatic carboxylic acids is 2. The molecule has 5 rings (SSSR count). The van der Waals surface area contributed by atoms with Crippen LogP contribution in [-0.4, -0.2) is 90.7 Å².